The highest BCUT2D eigenvalue weighted by Gasteiger charge is 2.36. The number of methoxy groups -OCH3 is 2. The second kappa shape index (κ2) is 8.51. The zero-order valence-electron chi connectivity index (χ0n) is 17.7. The highest BCUT2D eigenvalue weighted by atomic mass is 16.5. The van der Waals surface area contributed by atoms with Crippen LogP contribution in [0.3, 0.4) is 0 Å². The number of nitrogens with one attached hydrogen (secondary N) is 1. The first-order valence-electron chi connectivity index (χ1n) is 9.94. The molecule has 2 heterocycles. The van der Waals surface area contributed by atoms with E-state index in [1.54, 1.807) is 41.1 Å². The Labute approximate surface area is 180 Å². The summed E-state index contributed by atoms with van der Waals surface area (Å²) in [6, 6.07) is 14.6. The van der Waals surface area contributed by atoms with Crippen molar-refractivity contribution in [1.82, 2.24) is 9.78 Å². The van der Waals surface area contributed by atoms with Crippen LogP contribution < -0.4 is 19.7 Å². The monoisotopic (exact) mass is 420 g/mol. The fourth-order valence-electron chi connectivity index (χ4n) is 3.72. The second-order valence-electron chi connectivity index (χ2n) is 7.37. The molecule has 1 N–H and O–H groups in total. The van der Waals surface area contributed by atoms with Gasteiger partial charge in [0.25, 0.3) is 0 Å². The standard InChI is InChI=1S/C23H24N4O4/c1-15-9-10-24-27(15)18-6-4-5-17(12-18)25-23(29)16-11-22(28)26(14-16)20-8-7-19(30-2)13-21(20)31-3/h4-10,12-13,16H,11,14H2,1-3H3,(H,25,29). The van der Waals surface area contributed by atoms with Crippen LogP contribution in [0.25, 0.3) is 5.69 Å². The molecule has 160 valence electrons. The van der Waals surface area contributed by atoms with E-state index >= 15 is 0 Å². The fourth-order valence-corrected chi connectivity index (χ4v) is 3.72. The number of carbonyl (C=O) groups is 2. The zero-order chi connectivity index (χ0) is 22.0. The molecule has 8 nitrogen and oxygen atoms in total. The van der Waals surface area contributed by atoms with Crippen molar-refractivity contribution in [3.8, 4) is 17.2 Å². The third-order valence-corrected chi connectivity index (χ3v) is 5.36. The number of aryl methyl sites for hydroxylation is 1. The summed E-state index contributed by atoms with van der Waals surface area (Å²) in [5.74, 6) is 0.376. The average Bonchev–Trinajstić information content (AvgIpc) is 3.39. The maximum absolute atomic E-state index is 12.9. The van der Waals surface area contributed by atoms with E-state index in [2.05, 4.69) is 10.4 Å². The van der Waals surface area contributed by atoms with Crippen LogP contribution in [-0.2, 0) is 9.59 Å². The number of ether oxygens (including phenoxy) is 2. The van der Waals surface area contributed by atoms with Crippen LogP contribution >= 0.6 is 0 Å². The number of amides is 2. The van der Waals surface area contributed by atoms with Gasteiger partial charge >= 0.3 is 0 Å². The lowest BCUT2D eigenvalue weighted by molar-refractivity contribution is -0.122. The molecular formula is C23H24N4O4. The second-order valence-corrected chi connectivity index (χ2v) is 7.37. The van der Waals surface area contributed by atoms with E-state index in [1.165, 1.54) is 7.11 Å². The van der Waals surface area contributed by atoms with Gasteiger partial charge in [0, 0.05) is 36.6 Å². The van der Waals surface area contributed by atoms with Gasteiger partial charge in [0.15, 0.2) is 0 Å². The number of rotatable bonds is 6. The minimum absolute atomic E-state index is 0.121. The van der Waals surface area contributed by atoms with Crippen LogP contribution in [0.5, 0.6) is 11.5 Å². The van der Waals surface area contributed by atoms with E-state index in [0.29, 0.717) is 22.9 Å². The summed E-state index contributed by atoms with van der Waals surface area (Å²) in [6.07, 6.45) is 1.87. The number of nitrogens with zero attached hydrogens (tertiary/aromatic N) is 3. The molecule has 1 aromatic heterocycles. The van der Waals surface area contributed by atoms with E-state index in [4.69, 9.17) is 9.47 Å². The topological polar surface area (TPSA) is 85.7 Å². The summed E-state index contributed by atoms with van der Waals surface area (Å²) in [4.78, 5) is 27.1. The third-order valence-electron chi connectivity index (χ3n) is 5.36. The molecule has 3 aromatic rings. The van der Waals surface area contributed by atoms with Crippen LogP contribution in [0, 0.1) is 12.8 Å². The van der Waals surface area contributed by atoms with Gasteiger partial charge in [0.2, 0.25) is 11.8 Å². The van der Waals surface area contributed by atoms with Gasteiger partial charge < -0.3 is 19.7 Å². The largest absolute Gasteiger partial charge is 0.497 e. The molecule has 1 atom stereocenters. The first-order chi connectivity index (χ1) is 15.0. The van der Waals surface area contributed by atoms with Crippen molar-refractivity contribution in [2.75, 3.05) is 31.0 Å². The quantitative estimate of drug-likeness (QED) is 0.662. The van der Waals surface area contributed by atoms with Crippen LogP contribution in [0.15, 0.2) is 54.7 Å². The molecule has 2 amide bonds. The van der Waals surface area contributed by atoms with E-state index in [1.807, 2.05) is 37.3 Å². The minimum Gasteiger partial charge on any atom is -0.497 e. The molecule has 2 aromatic carbocycles. The first kappa shape index (κ1) is 20.5. The molecule has 1 aliphatic rings. The Kier molecular flexibility index (Phi) is 5.62. The Morgan fingerprint density at radius 3 is 2.68 bits per heavy atom. The third kappa shape index (κ3) is 4.09. The Morgan fingerprint density at radius 1 is 1.13 bits per heavy atom. The lowest BCUT2D eigenvalue weighted by Crippen LogP contribution is -2.28. The zero-order valence-corrected chi connectivity index (χ0v) is 17.7. The number of hydrogen-bond acceptors (Lipinski definition) is 5. The molecule has 0 spiro atoms. The van der Waals surface area contributed by atoms with Gasteiger partial charge in [0.05, 0.1) is 31.5 Å². The number of aromatic nitrogens is 2. The molecule has 8 heteroatoms. The van der Waals surface area contributed by atoms with E-state index < -0.39 is 5.92 Å². The van der Waals surface area contributed by atoms with Crippen molar-refractivity contribution in [3.63, 3.8) is 0 Å². The van der Waals surface area contributed by atoms with Crippen molar-refractivity contribution in [2.45, 2.75) is 13.3 Å². The molecular weight excluding hydrogens is 396 g/mol. The van der Waals surface area contributed by atoms with Gasteiger partial charge in [-0.2, -0.15) is 5.10 Å². The van der Waals surface area contributed by atoms with Crippen LogP contribution in [0.1, 0.15) is 12.1 Å². The minimum atomic E-state index is -0.464. The lowest BCUT2D eigenvalue weighted by Gasteiger charge is -2.20. The molecule has 0 saturated carbocycles. The maximum atomic E-state index is 12.9. The lowest BCUT2D eigenvalue weighted by atomic mass is 10.1. The smallest absolute Gasteiger partial charge is 0.229 e. The summed E-state index contributed by atoms with van der Waals surface area (Å²) in [5, 5.41) is 7.23. The number of carbonyl (C=O) groups excluding carboxylic acids is 2. The summed E-state index contributed by atoms with van der Waals surface area (Å²) in [6.45, 7) is 2.25. The first-order valence-corrected chi connectivity index (χ1v) is 9.94. The summed E-state index contributed by atoms with van der Waals surface area (Å²) < 4.78 is 12.4. The highest BCUT2D eigenvalue weighted by molar-refractivity contribution is 6.04. The van der Waals surface area contributed by atoms with Crippen LogP contribution in [-0.4, -0.2) is 42.4 Å². The van der Waals surface area contributed by atoms with Gasteiger partial charge in [-0.05, 0) is 43.3 Å². The fraction of sp³-hybridized carbons (Fsp3) is 0.261. The predicted octanol–water partition coefficient (Wildman–Crippen LogP) is 3.19. The van der Waals surface area contributed by atoms with Crippen LogP contribution in [0.4, 0.5) is 11.4 Å². The maximum Gasteiger partial charge on any atom is 0.229 e. The molecule has 1 saturated heterocycles. The predicted molar refractivity (Wildman–Crippen MR) is 117 cm³/mol. The van der Waals surface area contributed by atoms with Gasteiger partial charge in [0.1, 0.15) is 11.5 Å². The summed E-state index contributed by atoms with van der Waals surface area (Å²) >= 11 is 0. The molecule has 1 unspecified atom stereocenters. The average molecular weight is 420 g/mol. The molecule has 1 aliphatic heterocycles. The van der Waals surface area contributed by atoms with Gasteiger partial charge in [-0.3, -0.25) is 9.59 Å². The molecule has 0 aliphatic carbocycles. The molecule has 31 heavy (non-hydrogen) atoms. The van der Waals surface area contributed by atoms with Crippen LogP contribution in [0.2, 0.25) is 0 Å². The number of benzene rings is 2. The Balaban J connectivity index is 1.49. The molecule has 1 fully saturated rings. The van der Waals surface area contributed by atoms with Gasteiger partial charge in [-0.1, -0.05) is 6.07 Å². The number of hydrogen-bond donors (Lipinski definition) is 1. The van der Waals surface area contributed by atoms with Crippen molar-refractivity contribution in [1.29, 1.82) is 0 Å². The van der Waals surface area contributed by atoms with E-state index in [-0.39, 0.29) is 24.8 Å². The SMILES string of the molecule is COc1ccc(N2CC(C(=O)Nc3cccc(-n4nccc4C)c3)CC2=O)c(OC)c1. The normalized spacial score (nSPS) is 15.8. The van der Waals surface area contributed by atoms with Gasteiger partial charge in [-0.15, -0.1) is 0 Å². The van der Waals surface area contributed by atoms with Gasteiger partial charge in [-0.25, -0.2) is 4.68 Å². The van der Waals surface area contributed by atoms with Crippen molar-refractivity contribution in [2.24, 2.45) is 5.92 Å². The summed E-state index contributed by atoms with van der Waals surface area (Å²) in [5.41, 5.74) is 3.13. The molecule has 0 radical (unpaired) electrons. The summed E-state index contributed by atoms with van der Waals surface area (Å²) in [7, 11) is 3.11. The molecule has 0 bridgehead atoms. The Bertz CT molecular complexity index is 1120. The highest BCUT2D eigenvalue weighted by Crippen LogP contribution is 2.36. The Morgan fingerprint density at radius 2 is 1.97 bits per heavy atom. The van der Waals surface area contributed by atoms with Crippen molar-refractivity contribution < 1.29 is 19.1 Å². The van der Waals surface area contributed by atoms with Crippen molar-refractivity contribution >= 4 is 23.2 Å². The molecule has 4 rings (SSSR count). The number of anilines is 2. The van der Waals surface area contributed by atoms with E-state index in [9.17, 15) is 9.59 Å². The Hall–Kier alpha value is -3.81. The van der Waals surface area contributed by atoms with E-state index in [0.717, 1.165) is 11.4 Å². The van der Waals surface area contributed by atoms with Crippen molar-refractivity contribution in [3.05, 3.63) is 60.4 Å².